The summed E-state index contributed by atoms with van der Waals surface area (Å²) in [7, 11) is 0. The number of ether oxygens (including phenoxy) is 1. The van der Waals surface area contributed by atoms with E-state index in [2.05, 4.69) is 30.4 Å². The van der Waals surface area contributed by atoms with Crippen LogP contribution in [0.5, 0.6) is 11.6 Å². The molecule has 0 atom stereocenters. The summed E-state index contributed by atoms with van der Waals surface area (Å²) in [6.45, 7) is 4.23. The molecule has 2 aliphatic heterocycles. The zero-order valence-electron chi connectivity index (χ0n) is 27.7. The van der Waals surface area contributed by atoms with Crippen LogP contribution < -0.4 is 20.5 Å². The molecule has 0 radical (unpaired) electrons. The predicted molar refractivity (Wildman–Crippen MR) is 181 cm³/mol. The van der Waals surface area contributed by atoms with Crippen LogP contribution >= 0.6 is 11.6 Å². The summed E-state index contributed by atoms with van der Waals surface area (Å²) < 4.78 is 47.8. The first-order valence-corrected chi connectivity index (χ1v) is 16.6. The van der Waals surface area contributed by atoms with Crippen molar-refractivity contribution < 1.29 is 32.6 Å². The topological polar surface area (TPSA) is 173 Å². The lowest BCUT2D eigenvalue weighted by Crippen LogP contribution is -2.51. The van der Waals surface area contributed by atoms with Crippen LogP contribution in [0.1, 0.15) is 39.9 Å². The molecule has 19 heteroatoms. The van der Waals surface area contributed by atoms with Crippen molar-refractivity contribution >= 4 is 40.6 Å². The van der Waals surface area contributed by atoms with Crippen LogP contribution in [0, 0.1) is 6.92 Å². The number of alkyl halides is 3. The van der Waals surface area contributed by atoms with Gasteiger partial charge in [0, 0.05) is 49.9 Å². The number of fused-ring (bicyclic) bond motifs is 2. The number of nitrogens with one attached hydrogen (secondary N) is 1. The van der Waals surface area contributed by atoms with E-state index in [0.717, 1.165) is 28.3 Å². The van der Waals surface area contributed by atoms with E-state index in [1.807, 2.05) is 6.07 Å². The van der Waals surface area contributed by atoms with Crippen molar-refractivity contribution in [3.63, 3.8) is 0 Å². The van der Waals surface area contributed by atoms with Crippen LogP contribution in [0.15, 0.2) is 41.6 Å². The molecule has 2 amide bonds. The van der Waals surface area contributed by atoms with Gasteiger partial charge in [0.2, 0.25) is 17.6 Å². The molecular formula is C33H30ClF3N10O5. The van der Waals surface area contributed by atoms with Crippen molar-refractivity contribution in [2.24, 2.45) is 0 Å². The molecule has 0 bridgehead atoms. The molecule has 4 aromatic heterocycles. The first-order valence-electron chi connectivity index (χ1n) is 16.2. The van der Waals surface area contributed by atoms with E-state index in [4.69, 9.17) is 16.3 Å². The quantitative estimate of drug-likeness (QED) is 0.250. The highest BCUT2D eigenvalue weighted by Crippen LogP contribution is 2.34. The van der Waals surface area contributed by atoms with E-state index in [-0.39, 0.29) is 77.7 Å². The van der Waals surface area contributed by atoms with Crippen LogP contribution in [-0.4, -0.2) is 88.7 Å². The Labute approximate surface area is 297 Å². The normalized spacial score (nSPS) is 14.4. The molecule has 15 nitrogen and oxygen atoms in total. The van der Waals surface area contributed by atoms with Gasteiger partial charge in [0.25, 0.3) is 11.5 Å². The lowest BCUT2D eigenvalue weighted by molar-refractivity contribution is -0.137. The zero-order chi connectivity index (χ0) is 36.9. The second-order valence-corrected chi connectivity index (χ2v) is 12.6. The van der Waals surface area contributed by atoms with E-state index >= 15 is 0 Å². The van der Waals surface area contributed by atoms with Crippen molar-refractivity contribution in [1.29, 1.82) is 0 Å². The number of aromatic hydroxyl groups is 1. The number of nitrogens with zero attached hydrogens (tertiary/aromatic N) is 9. The SMILES string of the molecule is CCc1c(N2CCN(C(=O)c3ncnc(C)c3O)CC2)c(=O)n2nc(-c3cnc4c(c3)CCO4)nc2n1CC(=O)Nc1ccc(C(F)(F)F)cc1Cl. The van der Waals surface area contributed by atoms with Crippen LogP contribution in [-0.2, 0) is 30.4 Å². The Hall–Kier alpha value is -5.78. The fourth-order valence-corrected chi connectivity index (χ4v) is 6.50. The molecule has 7 rings (SSSR count). The molecular weight excluding hydrogens is 709 g/mol. The minimum absolute atomic E-state index is 0.0331. The third-order valence-electron chi connectivity index (χ3n) is 8.92. The number of hydrogen-bond acceptors (Lipinski definition) is 11. The zero-order valence-corrected chi connectivity index (χ0v) is 28.5. The van der Waals surface area contributed by atoms with E-state index in [1.165, 1.54) is 22.0 Å². The summed E-state index contributed by atoms with van der Waals surface area (Å²) >= 11 is 6.12. The lowest BCUT2D eigenvalue weighted by atomic mass is 10.1. The fraction of sp³-hybridized carbons (Fsp3) is 0.333. The molecule has 1 fully saturated rings. The van der Waals surface area contributed by atoms with Gasteiger partial charge in [-0.3, -0.25) is 14.4 Å². The molecule has 5 aromatic rings. The Morgan fingerprint density at radius 2 is 1.87 bits per heavy atom. The molecule has 270 valence electrons. The Kier molecular flexibility index (Phi) is 8.93. The molecule has 0 aliphatic carbocycles. The molecule has 1 aromatic carbocycles. The molecule has 1 saturated heterocycles. The van der Waals surface area contributed by atoms with Crippen molar-refractivity contribution in [2.45, 2.75) is 39.4 Å². The molecule has 2 aliphatic rings. The Bertz CT molecular complexity index is 2300. The number of hydrogen-bond donors (Lipinski definition) is 2. The van der Waals surface area contributed by atoms with Crippen molar-refractivity contribution in [3.05, 3.63) is 80.4 Å². The summed E-state index contributed by atoms with van der Waals surface area (Å²) in [5.41, 5.74) is 0.685. The van der Waals surface area contributed by atoms with E-state index in [1.54, 1.807) is 18.7 Å². The number of anilines is 2. The number of rotatable bonds is 7. The van der Waals surface area contributed by atoms with Gasteiger partial charge in [0.15, 0.2) is 17.3 Å². The summed E-state index contributed by atoms with van der Waals surface area (Å²) in [6.07, 6.45) is -0.991. The minimum Gasteiger partial charge on any atom is -0.504 e. The van der Waals surface area contributed by atoms with Gasteiger partial charge in [-0.25, -0.2) is 15.0 Å². The Morgan fingerprint density at radius 3 is 2.58 bits per heavy atom. The maximum Gasteiger partial charge on any atom is 0.416 e. The summed E-state index contributed by atoms with van der Waals surface area (Å²) in [5, 5.41) is 17.2. The fourth-order valence-electron chi connectivity index (χ4n) is 6.27. The van der Waals surface area contributed by atoms with Crippen molar-refractivity contribution in [2.75, 3.05) is 43.0 Å². The highest BCUT2D eigenvalue weighted by molar-refractivity contribution is 6.33. The number of carbonyl (C=O) groups excluding carboxylic acids is 2. The highest BCUT2D eigenvalue weighted by Gasteiger charge is 2.32. The van der Waals surface area contributed by atoms with E-state index in [0.29, 0.717) is 30.2 Å². The number of aryl methyl sites for hydroxylation is 1. The maximum absolute atomic E-state index is 14.3. The van der Waals surface area contributed by atoms with Gasteiger partial charge < -0.3 is 29.5 Å². The maximum atomic E-state index is 14.3. The summed E-state index contributed by atoms with van der Waals surface area (Å²) in [4.78, 5) is 61.3. The van der Waals surface area contributed by atoms with Crippen LogP contribution in [0.3, 0.4) is 0 Å². The van der Waals surface area contributed by atoms with Crippen molar-refractivity contribution in [3.8, 4) is 23.0 Å². The minimum atomic E-state index is -4.62. The van der Waals surface area contributed by atoms with Crippen LogP contribution in [0.2, 0.25) is 5.02 Å². The Balaban J connectivity index is 1.25. The largest absolute Gasteiger partial charge is 0.504 e. The molecule has 6 heterocycles. The van der Waals surface area contributed by atoms with Gasteiger partial charge in [-0.05, 0) is 37.6 Å². The smallest absolute Gasteiger partial charge is 0.416 e. The highest BCUT2D eigenvalue weighted by atomic mass is 35.5. The second kappa shape index (κ2) is 13.4. The molecule has 2 N–H and O–H groups in total. The van der Waals surface area contributed by atoms with Gasteiger partial charge in [0.1, 0.15) is 18.6 Å². The third kappa shape index (κ3) is 6.33. The van der Waals surface area contributed by atoms with Gasteiger partial charge in [-0.1, -0.05) is 18.5 Å². The number of aromatic nitrogens is 7. The Morgan fingerprint density at radius 1 is 1.10 bits per heavy atom. The number of pyridine rings is 1. The average Bonchev–Trinajstić information content (AvgIpc) is 3.79. The standard InChI is InChI=1S/C33H30ClF3N10O5/c1-3-23-26(44-7-9-45(10-8-44)30(50)25-27(49)17(2)39-16-40-25)31(51)47-32(42-28(43-47)19-12-18-6-11-52-29(18)38-14-19)46(23)15-24(48)41-22-5-4-20(13-21(22)34)33(35,36)37/h4-5,12-14,16,49H,3,6-11,15H2,1-2H3,(H,41,48). The number of halogens is 4. The lowest BCUT2D eigenvalue weighted by Gasteiger charge is -2.36. The van der Waals surface area contributed by atoms with Gasteiger partial charge in [0.05, 0.1) is 34.3 Å². The van der Waals surface area contributed by atoms with Gasteiger partial charge in [-0.2, -0.15) is 22.7 Å². The molecule has 0 spiro atoms. The molecule has 52 heavy (non-hydrogen) atoms. The average molecular weight is 739 g/mol. The summed E-state index contributed by atoms with van der Waals surface area (Å²) in [6, 6.07) is 4.43. The first kappa shape index (κ1) is 34.7. The van der Waals surface area contributed by atoms with E-state index < -0.39 is 35.7 Å². The van der Waals surface area contributed by atoms with Gasteiger partial charge >= 0.3 is 6.18 Å². The van der Waals surface area contributed by atoms with Crippen LogP contribution in [0.25, 0.3) is 17.2 Å². The summed E-state index contributed by atoms with van der Waals surface area (Å²) in [5.74, 6) is -0.712. The van der Waals surface area contributed by atoms with Crippen molar-refractivity contribution in [1.82, 2.24) is 39.0 Å². The molecule has 0 saturated carbocycles. The number of carbonyl (C=O) groups is 2. The number of amides is 2. The molecule has 0 unspecified atom stereocenters. The van der Waals surface area contributed by atoms with Crippen LogP contribution in [0.4, 0.5) is 24.5 Å². The predicted octanol–water partition coefficient (Wildman–Crippen LogP) is 3.53. The number of benzene rings is 1. The van der Waals surface area contributed by atoms with Gasteiger partial charge in [-0.15, -0.1) is 5.10 Å². The van der Waals surface area contributed by atoms with E-state index in [9.17, 15) is 32.7 Å². The second-order valence-electron chi connectivity index (χ2n) is 12.2. The number of piperazine rings is 1. The third-order valence-corrected chi connectivity index (χ3v) is 9.23. The first-order chi connectivity index (χ1) is 24.8. The monoisotopic (exact) mass is 738 g/mol.